The monoisotopic (exact) mass is 274 g/mol. The van der Waals surface area contributed by atoms with Crippen LogP contribution in [0.4, 0.5) is 5.69 Å². The average Bonchev–Trinajstić information content (AvgIpc) is 2.39. The third kappa shape index (κ3) is 3.26. The molecular weight excluding hydrogens is 260 g/mol. The van der Waals surface area contributed by atoms with Gasteiger partial charge in [0.2, 0.25) is 0 Å². The predicted octanol–water partition coefficient (Wildman–Crippen LogP) is 3.41. The lowest BCUT2D eigenvalue weighted by Crippen LogP contribution is -2.27. The third-order valence-corrected chi connectivity index (χ3v) is 3.14. The maximum absolute atomic E-state index is 12.1. The minimum atomic E-state index is -0.203. The number of anilines is 1. The molecular formula is C15H15ClN2O. The van der Waals surface area contributed by atoms with E-state index in [2.05, 4.69) is 5.32 Å². The van der Waals surface area contributed by atoms with E-state index >= 15 is 0 Å². The summed E-state index contributed by atoms with van der Waals surface area (Å²) >= 11 is 5.81. The maximum atomic E-state index is 12.1. The first-order valence-electron chi connectivity index (χ1n) is 5.99. The smallest absolute Gasteiger partial charge is 0.253 e. The summed E-state index contributed by atoms with van der Waals surface area (Å²) in [6.45, 7) is 1.93. The highest BCUT2D eigenvalue weighted by Crippen LogP contribution is 2.19. The summed E-state index contributed by atoms with van der Waals surface area (Å²) in [6, 6.07) is 14.5. The topological polar surface area (TPSA) is 55.1 Å². The lowest BCUT2D eigenvalue weighted by atomic mass is 10.1. The van der Waals surface area contributed by atoms with Gasteiger partial charge in [0.1, 0.15) is 0 Å². The van der Waals surface area contributed by atoms with Crippen molar-refractivity contribution in [1.29, 1.82) is 0 Å². The number of amides is 1. The van der Waals surface area contributed by atoms with Crippen LogP contribution in [0, 0.1) is 0 Å². The average molecular weight is 275 g/mol. The van der Waals surface area contributed by atoms with Crippen molar-refractivity contribution in [2.45, 2.75) is 13.0 Å². The molecule has 4 heteroatoms. The zero-order valence-corrected chi connectivity index (χ0v) is 11.3. The number of benzene rings is 2. The molecule has 1 amide bonds. The van der Waals surface area contributed by atoms with Gasteiger partial charge in [0.05, 0.1) is 11.6 Å². The second kappa shape index (κ2) is 5.76. The summed E-state index contributed by atoms with van der Waals surface area (Å²) in [6.07, 6.45) is 0. The number of carbonyl (C=O) groups is 1. The highest BCUT2D eigenvalue weighted by molar-refractivity contribution is 6.31. The molecule has 2 rings (SSSR count). The van der Waals surface area contributed by atoms with Gasteiger partial charge >= 0.3 is 0 Å². The Balaban J connectivity index is 2.13. The van der Waals surface area contributed by atoms with Gasteiger partial charge in [-0.2, -0.15) is 0 Å². The van der Waals surface area contributed by atoms with E-state index in [0.29, 0.717) is 16.3 Å². The van der Waals surface area contributed by atoms with Crippen LogP contribution in [0.25, 0.3) is 0 Å². The Morgan fingerprint density at radius 2 is 1.89 bits per heavy atom. The van der Waals surface area contributed by atoms with Gasteiger partial charge in [-0.3, -0.25) is 4.79 Å². The quantitative estimate of drug-likeness (QED) is 0.843. The number of rotatable bonds is 3. The van der Waals surface area contributed by atoms with Gasteiger partial charge in [-0.1, -0.05) is 41.9 Å². The number of nitrogens with two attached hydrogens (primary N) is 1. The second-order valence-corrected chi connectivity index (χ2v) is 4.77. The largest absolute Gasteiger partial charge is 0.398 e. The number of nitrogen functional groups attached to an aromatic ring is 1. The molecule has 0 fully saturated rings. The summed E-state index contributed by atoms with van der Waals surface area (Å²) in [5, 5.41) is 3.43. The fraction of sp³-hybridized carbons (Fsp3) is 0.133. The molecule has 0 aliphatic heterocycles. The van der Waals surface area contributed by atoms with Gasteiger partial charge < -0.3 is 11.1 Å². The van der Waals surface area contributed by atoms with Crippen molar-refractivity contribution in [2.24, 2.45) is 0 Å². The Labute approximate surface area is 117 Å². The molecule has 0 saturated heterocycles. The highest BCUT2D eigenvalue weighted by atomic mass is 35.5. The second-order valence-electron chi connectivity index (χ2n) is 4.34. The van der Waals surface area contributed by atoms with E-state index < -0.39 is 0 Å². The molecule has 0 aliphatic carbocycles. The zero-order chi connectivity index (χ0) is 13.8. The van der Waals surface area contributed by atoms with Gasteiger partial charge in [-0.15, -0.1) is 0 Å². The molecule has 0 radical (unpaired) electrons. The van der Waals surface area contributed by atoms with Gasteiger partial charge in [0.25, 0.3) is 5.91 Å². The number of hydrogen-bond donors (Lipinski definition) is 2. The van der Waals surface area contributed by atoms with Crippen molar-refractivity contribution in [2.75, 3.05) is 5.73 Å². The van der Waals surface area contributed by atoms with Crippen molar-refractivity contribution in [3.8, 4) is 0 Å². The van der Waals surface area contributed by atoms with Crippen molar-refractivity contribution in [3.05, 3.63) is 64.7 Å². The molecule has 0 aliphatic rings. The summed E-state index contributed by atoms with van der Waals surface area (Å²) in [5.41, 5.74) is 7.65. The summed E-state index contributed by atoms with van der Waals surface area (Å²) in [4.78, 5) is 12.1. The summed E-state index contributed by atoms with van der Waals surface area (Å²) < 4.78 is 0. The van der Waals surface area contributed by atoms with Crippen LogP contribution in [0.5, 0.6) is 0 Å². The van der Waals surface area contributed by atoms with E-state index in [9.17, 15) is 4.79 Å². The van der Waals surface area contributed by atoms with Gasteiger partial charge in [-0.05, 0) is 30.7 Å². The molecule has 19 heavy (non-hydrogen) atoms. The Morgan fingerprint density at radius 3 is 2.53 bits per heavy atom. The SMILES string of the molecule is CC(NC(=O)c1ccc(Cl)cc1N)c1ccccc1. The van der Waals surface area contributed by atoms with E-state index in [4.69, 9.17) is 17.3 Å². The molecule has 3 nitrogen and oxygen atoms in total. The van der Waals surface area contributed by atoms with E-state index in [1.165, 1.54) is 0 Å². The van der Waals surface area contributed by atoms with E-state index in [1.807, 2.05) is 37.3 Å². The zero-order valence-electron chi connectivity index (χ0n) is 10.6. The van der Waals surface area contributed by atoms with Crippen LogP contribution < -0.4 is 11.1 Å². The summed E-state index contributed by atoms with van der Waals surface area (Å²) in [7, 11) is 0. The first-order valence-corrected chi connectivity index (χ1v) is 6.36. The van der Waals surface area contributed by atoms with Crippen LogP contribution in [0.1, 0.15) is 28.9 Å². The Hall–Kier alpha value is -2.00. The predicted molar refractivity (Wildman–Crippen MR) is 78.2 cm³/mol. The molecule has 1 atom stereocenters. The molecule has 0 spiro atoms. The lowest BCUT2D eigenvalue weighted by Gasteiger charge is -2.15. The molecule has 0 saturated carbocycles. The first kappa shape index (κ1) is 13.4. The molecule has 2 aromatic carbocycles. The normalized spacial score (nSPS) is 11.9. The Bertz CT molecular complexity index is 584. The third-order valence-electron chi connectivity index (χ3n) is 2.91. The van der Waals surface area contributed by atoms with Crippen molar-refractivity contribution in [3.63, 3.8) is 0 Å². The first-order chi connectivity index (χ1) is 9.08. The standard InChI is InChI=1S/C15H15ClN2O/c1-10(11-5-3-2-4-6-11)18-15(19)13-8-7-12(16)9-14(13)17/h2-10H,17H2,1H3,(H,18,19). The van der Waals surface area contributed by atoms with Crippen LogP contribution in [-0.4, -0.2) is 5.91 Å². The number of carbonyl (C=O) groups excluding carboxylic acids is 1. The number of hydrogen-bond acceptors (Lipinski definition) is 2. The maximum Gasteiger partial charge on any atom is 0.253 e. The van der Waals surface area contributed by atoms with Gasteiger partial charge in [0.15, 0.2) is 0 Å². The van der Waals surface area contributed by atoms with Crippen molar-refractivity contribution >= 4 is 23.2 Å². The van der Waals surface area contributed by atoms with Crippen LogP contribution in [0.15, 0.2) is 48.5 Å². The molecule has 0 aromatic heterocycles. The van der Waals surface area contributed by atoms with E-state index in [1.54, 1.807) is 18.2 Å². The summed E-state index contributed by atoms with van der Waals surface area (Å²) in [5.74, 6) is -0.203. The molecule has 0 heterocycles. The van der Waals surface area contributed by atoms with E-state index in [-0.39, 0.29) is 11.9 Å². The molecule has 1 unspecified atom stereocenters. The minimum absolute atomic E-state index is 0.0798. The lowest BCUT2D eigenvalue weighted by molar-refractivity contribution is 0.0941. The molecule has 0 bridgehead atoms. The molecule has 98 valence electrons. The minimum Gasteiger partial charge on any atom is -0.398 e. The number of halogens is 1. The fourth-order valence-corrected chi connectivity index (χ4v) is 2.02. The molecule has 3 N–H and O–H groups in total. The van der Waals surface area contributed by atoms with Crippen LogP contribution in [0.3, 0.4) is 0 Å². The van der Waals surface area contributed by atoms with Gasteiger partial charge in [0, 0.05) is 10.7 Å². The number of nitrogens with one attached hydrogen (secondary N) is 1. The van der Waals surface area contributed by atoms with Gasteiger partial charge in [-0.25, -0.2) is 0 Å². The van der Waals surface area contributed by atoms with Crippen LogP contribution in [-0.2, 0) is 0 Å². The highest BCUT2D eigenvalue weighted by Gasteiger charge is 2.13. The fourth-order valence-electron chi connectivity index (χ4n) is 1.84. The molecule has 2 aromatic rings. The van der Waals surface area contributed by atoms with Crippen molar-refractivity contribution < 1.29 is 4.79 Å². The van der Waals surface area contributed by atoms with Crippen LogP contribution >= 0.6 is 11.6 Å². The Morgan fingerprint density at radius 1 is 1.21 bits per heavy atom. The Kier molecular flexibility index (Phi) is 4.07. The van der Waals surface area contributed by atoms with Crippen molar-refractivity contribution in [1.82, 2.24) is 5.32 Å². The van der Waals surface area contributed by atoms with E-state index in [0.717, 1.165) is 5.56 Å². The van der Waals surface area contributed by atoms with Crippen LogP contribution in [0.2, 0.25) is 5.02 Å².